The molecular formula is C46H62N6O4Si. The first-order valence-corrected chi connectivity index (χ1v) is 22.7. The minimum atomic E-state index is -2.90. The summed E-state index contributed by atoms with van der Waals surface area (Å²) < 4.78 is 20.1. The lowest BCUT2D eigenvalue weighted by molar-refractivity contribution is 0.0199. The van der Waals surface area contributed by atoms with Crippen LogP contribution in [0, 0.1) is 0 Å². The summed E-state index contributed by atoms with van der Waals surface area (Å²) in [4.78, 5) is 33.2. The van der Waals surface area contributed by atoms with Crippen molar-refractivity contribution in [2.75, 3.05) is 57.9 Å². The molecule has 1 amide bonds. The molecule has 4 aromatic rings. The van der Waals surface area contributed by atoms with Crippen molar-refractivity contribution in [2.45, 2.75) is 96.6 Å². The topological polar surface area (TPSA) is 83.5 Å². The molecule has 0 spiro atoms. The monoisotopic (exact) mass is 790 g/mol. The molecule has 3 aliphatic rings. The zero-order valence-corrected chi connectivity index (χ0v) is 36.1. The van der Waals surface area contributed by atoms with Crippen molar-refractivity contribution >= 4 is 30.6 Å². The molecule has 2 fully saturated rings. The molecule has 57 heavy (non-hydrogen) atoms. The van der Waals surface area contributed by atoms with Crippen LogP contribution in [-0.4, -0.2) is 110 Å². The van der Waals surface area contributed by atoms with Gasteiger partial charge in [-0.15, -0.1) is 0 Å². The fraction of sp³-hybridized carbons (Fsp3) is 0.500. The molecule has 7 rings (SSSR count). The third-order valence-corrected chi connectivity index (χ3v) is 16.7. The van der Waals surface area contributed by atoms with Gasteiger partial charge in [-0.3, -0.25) is 4.90 Å². The zero-order chi connectivity index (χ0) is 40.2. The van der Waals surface area contributed by atoms with Crippen LogP contribution < -0.4 is 20.0 Å². The van der Waals surface area contributed by atoms with Gasteiger partial charge in [0.05, 0.1) is 18.3 Å². The van der Waals surface area contributed by atoms with E-state index < -0.39 is 13.9 Å². The van der Waals surface area contributed by atoms with E-state index in [1.54, 1.807) is 0 Å². The summed E-state index contributed by atoms with van der Waals surface area (Å²) in [5, 5.41) is 2.24. The third kappa shape index (κ3) is 9.38. The van der Waals surface area contributed by atoms with Gasteiger partial charge >= 0.3 is 12.1 Å². The molecule has 1 unspecified atom stereocenters. The van der Waals surface area contributed by atoms with Crippen molar-refractivity contribution in [3.63, 3.8) is 0 Å². The number of carbonyl (C=O) groups excluding carboxylic acids is 1. The second kappa shape index (κ2) is 17.3. The van der Waals surface area contributed by atoms with E-state index in [0.717, 1.165) is 49.6 Å². The summed E-state index contributed by atoms with van der Waals surface area (Å²) >= 11 is 0. The Hall–Kier alpha value is -4.29. The average Bonchev–Trinajstić information content (AvgIpc) is 3.61. The van der Waals surface area contributed by atoms with E-state index in [1.165, 1.54) is 22.4 Å². The number of piperazine rings is 1. The summed E-state index contributed by atoms with van der Waals surface area (Å²) in [6.07, 6.45) is 2.79. The summed E-state index contributed by atoms with van der Waals surface area (Å²) in [6.45, 7) is 18.7. The van der Waals surface area contributed by atoms with Crippen LogP contribution >= 0.6 is 0 Å². The molecule has 11 heteroatoms. The van der Waals surface area contributed by atoms with Crippen molar-refractivity contribution < 1.29 is 18.7 Å². The third-order valence-electron chi connectivity index (χ3n) is 11.7. The number of likely N-dealkylation sites (tertiary alicyclic amines) is 1. The van der Waals surface area contributed by atoms with Crippen LogP contribution in [0.4, 0.5) is 10.6 Å². The van der Waals surface area contributed by atoms with Crippen LogP contribution in [-0.2, 0) is 28.7 Å². The Balaban J connectivity index is 1.27. The highest BCUT2D eigenvalue weighted by Gasteiger charge is 2.51. The number of ether oxygens (including phenoxy) is 2. The van der Waals surface area contributed by atoms with Crippen LogP contribution in [0.1, 0.15) is 71.2 Å². The molecule has 2 saturated heterocycles. The van der Waals surface area contributed by atoms with E-state index >= 15 is 0 Å². The molecule has 2 atom stereocenters. The molecule has 4 heterocycles. The van der Waals surface area contributed by atoms with E-state index in [-0.39, 0.29) is 17.2 Å². The van der Waals surface area contributed by atoms with Crippen molar-refractivity contribution in [1.29, 1.82) is 0 Å². The van der Waals surface area contributed by atoms with Gasteiger partial charge in [-0.25, -0.2) is 4.79 Å². The second-order valence-electron chi connectivity index (χ2n) is 18.0. The zero-order valence-electron chi connectivity index (χ0n) is 35.1. The van der Waals surface area contributed by atoms with Crippen LogP contribution in [0.25, 0.3) is 0 Å². The lowest BCUT2D eigenvalue weighted by atomic mass is 10.0. The minimum absolute atomic E-state index is 0.204. The van der Waals surface area contributed by atoms with Gasteiger partial charge in [0.15, 0.2) is 0 Å². The van der Waals surface area contributed by atoms with E-state index in [2.05, 4.69) is 134 Å². The molecule has 304 valence electrons. The van der Waals surface area contributed by atoms with Gasteiger partial charge < -0.3 is 28.6 Å². The van der Waals surface area contributed by atoms with Crippen molar-refractivity contribution in [2.24, 2.45) is 0 Å². The molecule has 10 nitrogen and oxygen atoms in total. The quantitative estimate of drug-likeness (QED) is 0.158. The van der Waals surface area contributed by atoms with E-state index in [4.69, 9.17) is 23.9 Å². The van der Waals surface area contributed by atoms with Gasteiger partial charge in [0.2, 0.25) is 0 Å². The number of aromatic nitrogens is 2. The Kier molecular flexibility index (Phi) is 12.4. The predicted octanol–water partition coefficient (Wildman–Crippen LogP) is 6.51. The molecule has 3 aliphatic heterocycles. The molecule has 0 radical (unpaired) electrons. The second-order valence-corrected chi connectivity index (χ2v) is 22.3. The number of likely N-dealkylation sites (N-methyl/N-ethyl adjacent to an activating group) is 1. The first-order valence-electron chi connectivity index (χ1n) is 20.8. The Morgan fingerprint density at radius 3 is 2.04 bits per heavy atom. The number of fused-ring (bicyclic) bond motifs is 1. The Morgan fingerprint density at radius 1 is 0.789 bits per heavy atom. The van der Waals surface area contributed by atoms with Gasteiger partial charge in [-0.05, 0) is 74.6 Å². The molecule has 0 N–H and O–H groups in total. The Morgan fingerprint density at radius 2 is 1.44 bits per heavy atom. The number of amides is 1. The highest BCUT2D eigenvalue weighted by Crippen LogP contribution is 2.38. The molecule has 0 aliphatic carbocycles. The molecule has 3 aromatic carbocycles. The van der Waals surface area contributed by atoms with Crippen molar-refractivity contribution in [3.8, 4) is 6.01 Å². The number of anilines is 1. The van der Waals surface area contributed by atoms with E-state index in [9.17, 15) is 4.79 Å². The SMILES string of the molecule is CN1CCC[C@H]1COc1nc2c(c(N3CCN(C(=O)OC(C)(C)C)CC3CO[Si](c3ccccc3)(c3ccccc3)C(C)(C)C)n1)CCN(Cc1ccccc1)C2. The minimum Gasteiger partial charge on any atom is -0.462 e. The largest absolute Gasteiger partial charge is 0.462 e. The molecule has 0 saturated carbocycles. The maximum atomic E-state index is 13.7. The van der Waals surface area contributed by atoms with Crippen LogP contribution in [0.3, 0.4) is 0 Å². The standard InChI is InChI=1S/C46H62N6O4Si/c1-45(2,3)56-44(53)51-28-29-52(37(31-51)34-55-57(46(4,5)6,38-21-13-9-14-22-38)39-23-15-10-16-24-39)42-40-25-27-50(30-35-18-11-8-12-19-35)32-41(40)47-43(48-42)54-33-36-20-17-26-49(36)7/h8-16,18-19,21-24,36-37H,17,20,25-34H2,1-7H3/t36-,37?/m0/s1. The first-order chi connectivity index (χ1) is 27.3. The number of hydrogen-bond donors (Lipinski definition) is 0. The highest BCUT2D eigenvalue weighted by atomic mass is 28.4. The summed E-state index contributed by atoms with van der Waals surface area (Å²) in [7, 11) is -0.733. The van der Waals surface area contributed by atoms with Gasteiger partial charge in [0.1, 0.15) is 18.0 Å². The maximum absolute atomic E-state index is 13.7. The number of nitrogens with zero attached hydrogens (tertiary/aromatic N) is 6. The summed E-state index contributed by atoms with van der Waals surface area (Å²) in [5.74, 6) is 0.897. The van der Waals surface area contributed by atoms with E-state index in [1.807, 2.05) is 25.7 Å². The fourth-order valence-corrected chi connectivity index (χ4v) is 13.4. The Bertz CT molecular complexity index is 1900. The molecule has 0 bridgehead atoms. The number of benzene rings is 3. The normalized spacial score (nSPS) is 19.7. The number of rotatable bonds is 11. The smallest absolute Gasteiger partial charge is 0.410 e. The van der Waals surface area contributed by atoms with Crippen LogP contribution in [0.15, 0.2) is 91.0 Å². The van der Waals surface area contributed by atoms with Crippen molar-refractivity contribution in [1.82, 2.24) is 24.7 Å². The molecular weight excluding hydrogens is 729 g/mol. The van der Waals surface area contributed by atoms with Gasteiger partial charge in [0, 0.05) is 50.9 Å². The van der Waals surface area contributed by atoms with Gasteiger partial charge in [-0.1, -0.05) is 112 Å². The highest BCUT2D eigenvalue weighted by molar-refractivity contribution is 6.99. The van der Waals surface area contributed by atoms with Crippen LogP contribution in [0.5, 0.6) is 6.01 Å². The van der Waals surface area contributed by atoms with Crippen LogP contribution in [0.2, 0.25) is 5.04 Å². The lowest BCUT2D eigenvalue weighted by Gasteiger charge is -2.47. The van der Waals surface area contributed by atoms with Crippen molar-refractivity contribution in [3.05, 3.63) is 108 Å². The number of carbonyl (C=O) groups is 1. The maximum Gasteiger partial charge on any atom is 0.410 e. The van der Waals surface area contributed by atoms with E-state index in [0.29, 0.717) is 51.4 Å². The predicted molar refractivity (Wildman–Crippen MR) is 230 cm³/mol. The average molecular weight is 791 g/mol. The first kappa shape index (κ1) is 40.9. The lowest BCUT2D eigenvalue weighted by Crippen LogP contribution is -2.68. The fourth-order valence-electron chi connectivity index (χ4n) is 8.83. The van der Waals surface area contributed by atoms with Gasteiger partial charge in [-0.2, -0.15) is 9.97 Å². The summed E-state index contributed by atoms with van der Waals surface area (Å²) in [5.41, 5.74) is 2.85. The summed E-state index contributed by atoms with van der Waals surface area (Å²) in [6, 6.07) is 32.7. The number of hydrogen-bond acceptors (Lipinski definition) is 9. The molecule has 1 aromatic heterocycles. The van der Waals surface area contributed by atoms with Gasteiger partial charge in [0.25, 0.3) is 8.32 Å². The Labute approximate surface area is 341 Å².